The lowest BCUT2D eigenvalue weighted by Gasteiger charge is -2.27. The number of aromatic amines is 1. The van der Waals surface area contributed by atoms with Crippen LogP contribution in [-0.2, 0) is 11.2 Å². The zero-order valence-corrected chi connectivity index (χ0v) is 11.4. The van der Waals surface area contributed by atoms with E-state index < -0.39 is 0 Å². The van der Waals surface area contributed by atoms with Crippen LogP contribution < -0.4 is 5.32 Å². The van der Waals surface area contributed by atoms with Crippen LogP contribution in [0.5, 0.6) is 0 Å². The molecule has 1 amide bonds. The lowest BCUT2D eigenvalue weighted by Crippen LogP contribution is -2.47. The Kier molecular flexibility index (Phi) is 4.39. The van der Waals surface area contributed by atoms with Crippen molar-refractivity contribution < 1.29 is 4.79 Å². The SMILES string of the molecule is Cl.O=C(Cc1[nH]nc2ccccc12)N1CCNCC1. The summed E-state index contributed by atoms with van der Waals surface area (Å²) in [6.45, 7) is 3.36. The summed E-state index contributed by atoms with van der Waals surface area (Å²) in [6.07, 6.45) is 0.403. The topological polar surface area (TPSA) is 61.0 Å². The maximum Gasteiger partial charge on any atom is 0.228 e. The molecule has 1 aromatic heterocycles. The number of aromatic nitrogens is 2. The van der Waals surface area contributed by atoms with Crippen LogP contribution in [0.2, 0.25) is 0 Å². The second-order valence-electron chi connectivity index (χ2n) is 4.53. The average Bonchev–Trinajstić information content (AvgIpc) is 2.83. The molecule has 1 fully saturated rings. The number of hydrogen-bond donors (Lipinski definition) is 2. The van der Waals surface area contributed by atoms with E-state index in [1.165, 1.54) is 0 Å². The van der Waals surface area contributed by atoms with Crippen molar-refractivity contribution in [2.75, 3.05) is 26.2 Å². The number of benzene rings is 1. The van der Waals surface area contributed by atoms with Crippen LogP contribution in [0, 0.1) is 0 Å². The van der Waals surface area contributed by atoms with E-state index in [4.69, 9.17) is 0 Å². The second-order valence-corrected chi connectivity index (χ2v) is 4.53. The largest absolute Gasteiger partial charge is 0.340 e. The van der Waals surface area contributed by atoms with Gasteiger partial charge in [0.2, 0.25) is 5.91 Å². The monoisotopic (exact) mass is 280 g/mol. The normalized spacial score (nSPS) is 15.3. The van der Waals surface area contributed by atoms with E-state index in [1.807, 2.05) is 29.2 Å². The summed E-state index contributed by atoms with van der Waals surface area (Å²) in [5.41, 5.74) is 1.83. The number of H-pyrrole nitrogens is 1. The van der Waals surface area contributed by atoms with Crippen LogP contribution in [0.4, 0.5) is 0 Å². The zero-order chi connectivity index (χ0) is 12.4. The van der Waals surface area contributed by atoms with Gasteiger partial charge in [0.05, 0.1) is 17.6 Å². The number of para-hydroxylation sites is 1. The van der Waals surface area contributed by atoms with E-state index in [1.54, 1.807) is 0 Å². The second kappa shape index (κ2) is 6.04. The molecule has 2 aromatic rings. The van der Waals surface area contributed by atoms with Crippen LogP contribution >= 0.6 is 12.4 Å². The molecule has 19 heavy (non-hydrogen) atoms. The maximum absolute atomic E-state index is 12.2. The standard InChI is InChI=1S/C13H16N4O.ClH/c18-13(17-7-5-14-6-8-17)9-12-10-3-1-2-4-11(10)15-16-12;/h1-4,14H,5-9H2,(H,15,16);1H. The minimum Gasteiger partial charge on any atom is -0.340 e. The van der Waals surface area contributed by atoms with Gasteiger partial charge in [-0.2, -0.15) is 5.10 Å². The number of amides is 1. The average molecular weight is 281 g/mol. The summed E-state index contributed by atoms with van der Waals surface area (Å²) in [7, 11) is 0. The molecule has 1 aromatic carbocycles. The number of rotatable bonds is 2. The molecule has 0 spiro atoms. The van der Waals surface area contributed by atoms with E-state index >= 15 is 0 Å². The molecule has 2 N–H and O–H groups in total. The molecule has 3 rings (SSSR count). The van der Waals surface area contributed by atoms with Gasteiger partial charge in [0, 0.05) is 31.6 Å². The van der Waals surface area contributed by atoms with Gasteiger partial charge in [0.1, 0.15) is 0 Å². The number of nitrogens with zero attached hydrogens (tertiary/aromatic N) is 2. The minimum atomic E-state index is 0. The molecule has 102 valence electrons. The van der Waals surface area contributed by atoms with E-state index in [0.717, 1.165) is 42.8 Å². The van der Waals surface area contributed by atoms with Gasteiger partial charge >= 0.3 is 0 Å². The molecule has 0 aliphatic carbocycles. The molecular formula is C13H17ClN4O. The van der Waals surface area contributed by atoms with Crippen molar-refractivity contribution in [3.8, 4) is 0 Å². The molecule has 1 saturated heterocycles. The Bertz CT molecular complexity index is 563. The fraction of sp³-hybridized carbons (Fsp3) is 0.385. The lowest BCUT2D eigenvalue weighted by atomic mass is 10.1. The van der Waals surface area contributed by atoms with Crippen molar-refractivity contribution in [3.63, 3.8) is 0 Å². The number of carbonyl (C=O) groups excluding carboxylic acids is 1. The van der Waals surface area contributed by atoms with E-state index in [-0.39, 0.29) is 18.3 Å². The highest BCUT2D eigenvalue weighted by Crippen LogP contribution is 2.16. The third kappa shape index (κ3) is 2.88. The zero-order valence-electron chi connectivity index (χ0n) is 10.6. The minimum absolute atomic E-state index is 0. The Morgan fingerprint density at radius 3 is 2.79 bits per heavy atom. The number of nitrogens with one attached hydrogen (secondary N) is 2. The molecule has 0 saturated carbocycles. The number of halogens is 1. The maximum atomic E-state index is 12.2. The van der Waals surface area contributed by atoms with Crippen molar-refractivity contribution in [2.24, 2.45) is 0 Å². The van der Waals surface area contributed by atoms with Crippen molar-refractivity contribution in [2.45, 2.75) is 6.42 Å². The van der Waals surface area contributed by atoms with Crippen molar-refractivity contribution in [1.82, 2.24) is 20.4 Å². The molecule has 0 unspecified atom stereocenters. The van der Waals surface area contributed by atoms with Gasteiger partial charge in [-0.25, -0.2) is 0 Å². The van der Waals surface area contributed by atoms with Gasteiger partial charge in [-0.05, 0) is 6.07 Å². The molecule has 2 heterocycles. The number of hydrogen-bond acceptors (Lipinski definition) is 3. The van der Waals surface area contributed by atoms with Gasteiger partial charge in [-0.15, -0.1) is 12.4 Å². The van der Waals surface area contributed by atoms with Crippen LogP contribution in [0.3, 0.4) is 0 Å². The van der Waals surface area contributed by atoms with Crippen molar-refractivity contribution in [1.29, 1.82) is 0 Å². The van der Waals surface area contributed by atoms with Crippen molar-refractivity contribution >= 4 is 29.2 Å². The number of fused-ring (bicyclic) bond motifs is 1. The fourth-order valence-corrected chi connectivity index (χ4v) is 2.33. The fourth-order valence-electron chi connectivity index (χ4n) is 2.33. The molecule has 1 aliphatic heterocycles. The van der Waals surface area contributed by atoms with Crippen LogP contribution in [0.15, 0.2) is 24.3 Å². The Balaban J connectivity index is 0.00000133. The van der Waals surface area contributed by atoms with Gasteiger partial charge in [0.15, 0.2) is 0 Å². The summed E-state index contributed by atoms with van der Waals surface area (Å²) >= 11 is 0. The third-order valence-electron chi connectivity index (χ3n) is 3.34. The highest BCUT2D eigenvalue weighted by molar-refractivity contribution is 5.87. The smallest absolute Gasteiger partial charge is 0.228 e. The molecule has 0 radical (unpaired) electrons. The van der Waals surface area contributed by atoms with E-state index in [0.29, 0.717) is 6.42 Å². The van der Waals surface area contributed by atoms with E-state index in [9.17, 15) is 4.79 Å². The predicted octanol–water partition coefficient (Wildman–Crippen LogP) is 0.959. The Morgan fingerprint density at radius 2 is 2.00 bits per heavy atom. The number of carbonyl (C=O) groups is 1. The molecule has 6 heteroatoms. The van der Waals surface area contributed by atoms with E-state index in [2.05, 4.69) is 15.5 Å². The molecule has 5 nitrogen and oxygen atoms in total. The first-order valence-corrected chi connectivity index (χ1v) is 6.25. The predicted molar refractivity (Wildman–Crippen MR) is 76.5 cm³/mol. The summed E-state index contributed by atoms with van der Waals surface area (Å²) in [5, 5.41) is 11.5. The molecule has 1 aliphatic rings. The van der Waals surface area contributed by atoms with Crippen molar-refractivity contribution in [3.05, 3.63) is 30.0 Å². The van der Waals surface area contributed by atoms with Gasteiger partial charge in [-0.1, -0.05) is 18.2 Å². The molecule has 0 bridgehead atoms. The first-order valence-electron chi connectivity index (χ1n) is 6.25. The first kappa shape index (κ1) is 13.8. The Labute approximate surface area is 117 Å². The summed E-state index contributed by atoms with van der Waals surface area (Å²) < 4.78 is 0. The van der Waals surface area contributed by atoms with Crippen LogP contribution in [0.1, 0.15) is 5.69 Å². The van der Waals surface area contributed by atoms with Crippen LogP contribution in [0.25, 0.3) is 10.9 Å². The Morgan fingerprint density at radius 1 is 1.26 bits per heavy atom. The summed E-state index contributed by atoms with van der Waals surface area (Å²) in [4.78, 5) is 14.1. The first-order chi connectivity index (χ1) is 8.84. The molecular weight excluding hydrogens is 264 g/mol. The quantitative estimate of drug-likeness (QED) is 0.861. The van der Waals surface area contributed by atoms with Gasteiger partial charge in [0.25, 0.3) is 0 Å². The highest BCUT2D eigenvalue weighted by Gasteiger charge is 2.18. The Hall–Kier alpha value is -1.59. The van der Waals surface area contributed by atoms with Crippen LogP contribution in [-0.4, -0.2) is 47.2 Å². The third-order valence-corrected chi connectivity index (χ3v) is 3.34. The lowest BCUT2D eigenvalue weighted by molar-refractivity contribution is -0.131. The van der Waals surface area contributed by atoms with Gasteiger partial charge in [-0.3, -0.25) is 9.89 Å². The molecule has 0 atom stereocenters. The number of piperazine rings is 1. The van der Waals surface area contributed by atoms with Gasteiger partial charge < -0.3 is 10.2 Å². The summed E-state index contributed by atoms with van der Waals surface area (Å²) in [6, 6.07) is 7.87. The highest BCUT2D eigenvalue weighted by atomic mass is 35.5. The summed E-state index contributed by atoms with van der Waals surface area (Å²) in [5.74, 6) is 0.172.